The molecule has 0 fully saturated rings. The minimum absolute atomic E-state index is 0.223. The van der Waals surface area contributed by atoms with Gasteiger partial charge in [0.05, 0.1) is 0 Å². The Morgan fingerprint density at radius 3 is 1.50 bits per heavy atom. The van der Waals surface area contributed by atoms with Gasteiger partial charge in [0, 0.05) is 12.2 Å². The molecule has 0 aliphatic heterocycles. The number of hydrogen-bond acceptors (Lipinski definition) is 6. The molecule has 0 amide bonds. The van der Waals surface area contributed by atoms with Crippen LogP contribution in [-0.2, 0) is 19.3 Å². The van der Waals surface area contributed by atoms with E-state index in [1.807, 2.05) is 11.0 Å². The summed E-state index contributed by atoms with van der Waals surface area (Å²) in [5.74, 6) is -1.78. The highest BCUT2D eigenvalue weighted by molar-refractivity contribution is 7.80. The Morgan fingerprint density at radius 1 is 0.938 bits per heavy atom. The topological polar surface area (TPSA) is 129 Å². The van der Waals surface area contributed by atoms with E-state index in [2.05, 4.69) is 34.1 Å². The van der Waals surface area contributed by atoms with Crippen molar-refractivity contribution in [1.29, 1.82) is 0 Å². The maximum Gasteiger partial charge on any atom is 0.356 e. The number of nitrogens with two attached hydrogens (primary N) is 2. The van der Waals surface area contributed by atoms with Gasteiger partial charge in [-0.05, 0) is 24.4 Å². The standard InChI is InChI=1S/C6H8N4O4S2/c7-5(15)9-13-3(11)1-2-4(12)14-10-6(8)16/h1-2H,(H3,7,9,15)(H3,8,10,16). The van der Waals surface area contributed by atoms with Gasteiger partial charge in [-0.15, -0.1) is 0 Å². The van der Waals surface area contributed by atoms with Gasteiger partial charge < -0.3 is 21.1 Å². The molecule has 0 spiro atoms. The molecular formula is C6H8N4O4S2. The van der Waals surface area contributed by atoms with E-state index in [4.69, 9.17) is 11.5 Å². The number of thiocarbonyl (C=S) groups is 2. The molecule has 0 aliphatic carbocycles. The zero-order valence-electron chi connectivity index (χ0n) is 7.76. The molecule has 0 saturated heterocycles. The lowest BCUT2D eigenvalue weighted by atomic mass is 10.5. The first-order chi connectivity index (χ1) is 7.41. The maximum atomic E-state index is 10.8. The molecule has 10 heteroatoms. The van der Waals surface area contributed by atoms with Crippen molar-refractivity contribution in [2.45, 2.75) is 0 Å². The van der Waals surface area contributed by atoms with E-state index in [0.717, 1.165) is 12.2 Å². The monoisotopic (exact) mass is 264 g/mol. The summed E-state index contributed by atoms with van der Waals surface area (Å²) in [6, 6.07) is 0. The van der Waals surface area contributed by atoms with Crippen LogP contribution in [-0.4, -0.2) is 22.2 Å². The molecule has 0 rings (SSSR count). The normalized spacial score (nSPS) is 9.25. The molecule has 0 saturated carbocycles. The predicted molar refractivity (Wildman–Crippen MR) is 61.2 cm³/mol. The SMILES string of the molecule is NC(=S)NOC(=O)C=CC(=O)ONC(N)=S. The lowest BCUT2D eigenvalue weighted by Crippen LogP contribution is -2.31. The molecule has 0 atom stereocenters. The van der Waals surface area contributed by atoms with Gasteiger partial charge in [-0.3, -0.25) is 0 Å². The van der Waals surface area contributed by atoms with Gasteiger partial charge in [0.2, 0.25) is 0 Å². The third-order valence-corrected chi connectivity index (χ3v) is 1.03. The highest BCUT2D eigenvalue weighted by atomic mass is 32.1. The van der Waals surface area contributed by atoms with E-state index in [1.54, 1.807) is 0 Å². The van der Waals surface area contributed by atoms with Crippen LogP contribution in [0, 0.1) is 0 Å². The summed E-state index contributed by atoms with van der Waals surface area (Å²) < 4.78 is 0. The number of carbonyl (C=O) groups excluding carboxylic acids is 2. The van der Waals surface area contributed by atoms with Crippen LogP contribution in [0.3, 0.4) is 0 Å². The average Bonchev–Trinajstić information content (AvgIpc) is 2.20. The molecule has 0 unspecified atom stereocenters. The van der Waals surface area contributed by atoms with Crippen molar-refractivity contribution in [3.63, 3.8) is 0 Å². The first-order valence-electron chi connectivity index (χ1n) is 3.62. The van der Waals surface area contributed by atoms with Crippen LogP contribution in [0.2, 0.25) is 0 Å². The Labute approximate surface area is 101 Å². The first kappa shape index (κ1) is 14.1. The molecule has 6 N–H and O–H groups in total. The van der Waals surface area contributed by atoms with Crippen molar-refractivity contribution in [1.82, 2.24) is 11.0 Å². The van der Waals surface area contributed by atoms with Crippen LogP contribution in [0.1, 0.15) is 0 Å². The lowest BCUT2D eigenvalue weighted by Gasteiger charge is -2.01. The van der Waals surface area contributed by atoms with Gasteiger partial charge >= 0.3 is 11.9 Å². The molecule has 0 aromatic carbocycles. The summed E-state index contributed by atoms with van der Waals surface area (Å²) in [7, 11) is 0. The van der Waals surface area contributed by atoms with Crippen molar-refractivity contribution in [3.8, 4) is 0 Å². The number of carbonyl (C=O) groups is 2. The van der Waals surface area contributed by atoms with Crippen molar-refractivity contribution in [3.05, 3.63) is 12.2 Å². The van der Waals surface area contributed by atoms with Crippen LogP contribution >= 0.6 is 24.4 Å². The van der Waals surface area contributed by atoms with Crippen LogP contribution in [0.25, 0.3) is 0 Å². The van der Waals surface area contributed by atoms with Crippen molar-refractivity contribution in [2.75, 3.05) is 0 Å². The second kappa shape index (κ2) is 7.36. The summed E-state index contributed by atoms with van der Waals surface area (Å²) in [6.45, 7) is 0. The minimum Gasteiger partial charge on any atom is -0.374 e. The van der Waals surface area contributed by atoms with E-state index in [0.29, 0.717) is 0 Å². The quantitative estimate of drug-likeness (QED) is 0.255. The van der Waals surface area contributed by atoms with Crippen molar-refractivity contribution < 1.29 is 19.3 Å². The number of nitrogens with one attached hydrogen (secondary N) is 2. The smallest absolute Gasteiger partial charge is 0.356 e. The zero-order chi connectivity index (χ0) is 12.6. The summed E-state index contributed by atoms with van der Waals surface area (Å²) in [5, 5.41) is -0.445. The third-order valence-electron chi connectivity index (χ3n) is 0.860. The number of hydroxylamine groups is 2. The van der Waals surface area contributed by atoms with E-state index < -0.39 is 11.9 Å². The fraction of sp³-hybridized carbons (Fsp3) is 0. The van der Waals surface area contributed by atoms with Crippen LogP contribution in [0.15, 0.2) is 12.2 Å². The molecule has 0 aromatic heterocycles. The predicted octanol–water partition coefficient (Wildman–Crippen LogP) is -1.87. The number of rotatable bonds is 2. The average molecular weight is 264 g/mol. The van der Waals surface area contributed by atoms with Crippen molar-refractivity contribution >= 4 is 46.6 Å². The van der Waals surface area contributed by atoms with Crippen LogP contribution < -0.4 is 22.4 Å². The van der Waals surface area contributed by atoms with Crippen LogP contribution in [0.5, 0.6) is 0 Å². The van der Waals surface area contributed by atoms with E-state index in [9.17, 15) is 9.59 Å². The minimum atomic E-state index is -0.889. The van der Waals surface area contributed by atoms with E-state index in [-0.39, 0.29) is 10.2 Å². The van der Waals surface area contributed by atoms with Crippen LogP contribution in [0.4, 0.5) is 0 Å². The molecular weight excluding hydrogens is 256 g/mol. The van der Waals surface area contributed by atoms with Gasteiger partial charge in [-0.2, -0.15) is 11.0 Å². The summed E-state index contributed by atoms with van der Waals surface area (Å²) in [6.07, 6.45) is 1.57. The third kappa shape index (κ3) is 8.65. The molecule has 0 aliphatic rings. The van der Waals surface area contributed by atoms with Gasteiger partial charge in [-0.25, -0.2) is 9.59 Å². The Hall–Kier alpha value is -1.94. The lowest BCUT2D eigenvalue weighted by molar-refractivity contribution is -0.144. The molecule has 0 radical (unpaired) electrons. The maximum absolute atomic E-state index is 10.8. The van der Waals surface area contributed by atoms with Gasteiger partial charge in [-0.1, -0.05) is 0 Å². The van der Waals surface area contributed by atoms with Gasteiger partial charge in [0.1, 0.15) is 0 Å². The molecule has 8 nitrogen and oxygen atoms in total. The van der Waals surface area contributed by atoms with Crippen molar-refractivity contribution in [2.24, 2.45) is 11.5 Å². The number of hydrogen-bond donors (Lipinski definition) is 4. The molecule has 0 bridgehead atoms. The molecule has 16 heavy (non-hydrogen) atoms. The largest absolute Gasteiger partial charge is 0.374 e. The van der Waals surface area contributed by atoms with E-state index >= 15 is 0 Å². The second-order valence-electron chi connectivity index (χ2n) is 2.11. The Kier molecular flexibility index (Phi) is 6.47. The fourth-order valence-corrected chi connectivity index (χ4v) is 0.489. The summed E-state index contributed by atoms with van der Waals surface area (Å²) in [4.78, 5) is 30.2. The highest BCUT2D eigenvalue weighted by Gasteiger charge is 2.01. The second-order valence-corrected chi connectivity index (χ2v) is 2.99. The molecule has 0 heterocycles. The Bertz CT molecular complexity index is 311. The fourth-order valence-electron chi connectivity index (χ4n) is 0.405. The molecule has 0 aromatic rings. The first-order valence-corrected chi connectivity index (χ1v) is 4.44. The summed E-state index contributed by atoms with van der Waals surface area (Å²) >= 11 is 8.71. The van der Waals surface area contributed by atoms with Gasteiger partial charge in [0.15, 0.2) is 10.2 Å². The zero-order valence-corrected chi connectivity index (χ0v) is 9.39. The van der Waals surface area contributed by atoms with Gasteiger partial charge in [0.25, 0.3) is 0 Å². The highest BCUT2D eigenvalue weighted by Crippen LogP contribution is 1.81. The Balaban J connectivity index is 3.88. The summed E-state index contributed by atoms with van der Waals surface area (Å²) in [5.41, 5.74) is 13.8. The molecule has 88 valence electrons. The Morgan fingerprint density at radius 2 is 1.25 bits per heavy atom. The van der Waals surface area contributed by atoms with E-state index in [1.165, 1.54) is 0 Å².